The van der Waals surface area contributed by atoms with Crippen LogP contribution in [0, 0.1) is 12.8 Å². The highest BCUT2D eigenvalue weighted by Gasteiger charge is 2.35. The van der Waals surface area contributed by atoms with E-state index in [-0.39, 0.29) is 10.9 Å². The molecule has 0 unspecified atom stereocenters. The summed E-state index contributed by atoms with van der Waals surface area (Å²) in [5.74, 6) is 0.759. The van der Waals surface area contributed by atoms with Crippen LogP contribution in [-0.4, -0.2) is 38.4 Å². The van der Waals surface area contributed by atoms with Crippen molar-refractivity contribution >= 4 is 10.0 Å². The predicted molar refractivity (Wildman–Crippen MR) is 88.7 cm³/mol. The van der Waals surface area contributed by atoms with Crippen LogP contribution >= 0.6 is 0 Å². The predicted octanol–water partition coefficient (Wildman–Crippen LogP) is 3.17. The van der Waals surface area contributed by atoms with E-state index in [1.807, 2.05) is 0 Å². The lowest BCUT2D eigenvalue weighted by atomic mass is 10.1. The highest BCUT2D eigenvalue weighted by Crippen LogP contribution is 2.33. The van der Waals surface area contributed by atoms with E-state index in [0.29, 0.717) is 31.5 Å². The molecule has 4 nitrogen and oxygen atoms in total. The number of halogens is 3. The Hall–Kier alpha value is -1.12. The van der Waals surface area contributed by atoms with Gasteiger partial charge in [-0.25, -0.2) is 8.42 Å². The Balaban J connectivity index is 1.71. The van der Waals surface area contributed by atoms with Gasteiger partial charge in [-0.15, -0.1) is 0 Å². The lowest BCUT2D eigenvalue weighted by Crippen LogP contribution is -2.45. The quantitative estimate of drug-likeness (QED) is 0.859. The molecule has 0 spiro atoms. The summed E-state index contributed by atoms with van der Waals surface area (Å²) in [7, 11) is -3.91. The Morgan fingerprint density at radius 2 is 1.80 bits per heavy atom. The molecule has 0 amide bonds. The molecule has 3 rings (SSSR count). The highest BCUT2D eigenvalue weighted by molar-refractivity contribution is 7.89. The fraction of sp³-hybridized carbons (Fsp3) is 0.647. The van der Waals surface area contributed by atoms with Crippen molar-refractivity contribution in [2.24, 2.45) is 5.92 Å². The molecule has 1 heterocycles. The van der Waals surface area contributed by atoms with Crippen molar-refractivity contribution in [1.82, 2.24) is 9.62 Å². The standard InChI is InChI=1S/C17H23F3N2O2S/c1-12-2-5-14(17(18,19)20)10-16(12)25(23,24)22-8-6-15(7-9-22)21-11-13-3-4-13/h2,5,10,13,15,21H,3-4,6-9,11H2,1H3. The second-order valence-electron chi connectivity index (χ2n) is 7.01. The van der Waals surface area contributed by atoms with Crippen LogP contribution in [0.25, 0.3) is 0 Å². The smallest absolute Gasteiger partial charge is 0.314 e. The van der Waals surface area contributed by atoms with E-state index in [2.05, 4.69) is 5.32 Å². The first-order valence-corrected chi connectivity index (χ1v) is 10.0. The number of hydrogen-bond acceptors (Lipinski definition) is 3. The summed E-state index contributed by atoms with van der Waals surface area (Å²) >= 11 is 0. The number of hydrogen-bond donors (Lipinski definition) is 1. The normalized spacial score (nSPS) is 20.8. The van der Waals surface area contributed by atoms with Crippen LogP contribution in [0.1, 0.15) is 36.8 Å². The van der Waals surface area contributed by atoms with E-state index in [1.54, 1.807) is 0 Å². The molecule has 1 aromatic rings. The molecule has 1 aromatic carbocycles. The second-order valence-corrected chi connectivity index (χ2v) is 8.91. The van der Waals surface area contributed by atoms with Crippen molar-refractivity contribution < 1.29 is 21.6 Å². The first-order valence-electron chi connectivity index (χ1n) is 8.59. The average Bonchev–Trinajstić information content (AvgIpc) is 3.37. The number of sulfonamides is 1. The van der Waals surface area contributed by atoms with E-state index in [1.165, 1.54) is 30.1 Å². The molecule has 2 aliphatic rings. The van der Waals surface area contributed by atoms with E-state index in [4.69, 9.17) is 0 Å². The minimum absolute atomic E-state index is 0.244. The summed E-state index contributed by atoms with van der Waals surface area (Å²) < 4.78 is 65.7. The molecule has 0 atom stereocenters. The molecule has 8 heteroatoms. The number of nitrogens with one attached hydrogen (secondary N) is 1. The third-order valence-corrected chi connectivity index (χ3v) is 7.02. The summed E-state index contributed by atoms with van der Waals surface area (Å²) in [5, 5.41) is 3.47. The zero-order chi connectivity index (χ0) is 18.2. The van der Waals surface area contributed by atoms with Gasteiger partial charge in [0.1, 0.15) is 0 Å². The molecule has 25 heavy (non-hydrogen) atoms. The molecule has 1 saturated heterocycles. The molecule has 1 aliphatic carbocycles. The number of benzene rings is 1. The lowest BCUT2D eigenvalue weighted by molar-refractivity contribution is -0.137. The van der Waals surface area contributed by atoms with E-state index < -0.39 is 21.8 Å². The fourth-order valence-corrected chi connectivity index (χ4v) is 4.87. The Morgan fingerprint density at radius 1 is 1.16 bits per heavy atom. The molecule has 0 radical (unpaired) electrons. The van der Waals surface area contributed by atoms with Crippen LogP contribution in [0.4, 0.5) is 13.2 Å². The van der Waals surface area contributed by atoms with Crippen LogP contribution in [-0.2, 0) is 16.2 Å². The summed E-state index contributed by atoms with van der Waals surface area (Å²) in [5.41, 5.74) is -0.598. The van der Waals surface area contributed by atoms with Crippen LogP contribution in [0.3, 0.4) is 0 Å². The third kappa shape index (κ3) is 4.35. The maximum Gasteiger partial charge on any atom is 0.416 e. The van der Waals surface area contributed by atoms with Crippen molar-refractivity contribution in [3.63, 3.8) is 0 Å². The third-order valence-electron chi connectivity index (χ3n) is 4.98. The number of aryl methyl sites for hydroxylation is 1. The molecular weight excluding hydrogens is 353 g/mol. The highest BCUT2D eigenvalue weighted by atomic mass is 32.2. The first kappa shape index (κ1) is 18.7. The molecule has 1 saturated carbocycles. The second kappa shape index (κ2) is 6.89. The first-order chi connectivity index (χ1) is 11.7. The zero-order valence-corrected chi connectivity index (χ0v) is 15.0. The topological polar surface area (TPSA) is 49.4 Å². The zero-order valence-electron chi connectivity index (χ0n) is 14.1. The van der Waals surface area contributed by atoms with Crippen LogP contribution in [0.15, 0.2) is 23.1 Å². The van der Waals surface area contributed by atoms with Gasteiger partial charge in [0.05, 0.1) is 10.5 Å². The van der Waals surface area contributed by atoms with Crippen molar-refractivity contribution in [2.75, 3.05) is 19.6 Å². The maximum atomic E-state index is 12.9. The van der Waals surface area contributed by atoms with E-state index >= 15 is 0 Å². The Morgan fingerprint density at radius 3 is 2.36 bits per heavy atom. The van der Waals surface area contributed by atoms with Crippen LogP contribution in [0.5, 0.6) is 0 Å². The monoisotopic (exact) mass is 376 g/mol. The van der Waals surface area contributed by atoms with Gasteiger partial charge in [0, 0.05) is 19.1 Å². The average molecular weight is 376 g/mol. The summed E-state index contributed by atoms with van der Waals surface area (Å²) in [6.45, 7) is 3.17. The van der Waals surface area contributed by atoms with Gasteiger partial charge < -0.3 is 5.32 Å². The summed E-state index contributed by atoms with van der Waals surface area (Å²) in [4.78, 5) is -0.244. The minimum atomic E-state index is -4.56. The Labute approximate surface area is 146 Å². The van der Waals surface area contributed by atoms with Gasteiger partial charge >= 0.3 is 6.18 Å². The molecule has 1 N–H and O–H groups in total. The summed E-state index contributed by atoms with van der Waals surface area (Å²) in [6.07, 6.45) is -0.671. The number of rotatable bonds is 5. The molecule has 0 bridgehead atoms. The van der Waals surface area contributed by atoms with Gasteiger partial charge in [0.2, 0.25) is 10.0 Å². The van der Waals surface area contributed by atoms with Gasteiger partial charge in [-0.3, -0.25) is 0 Å². The van der Waals surface area contributed by atoms with E-state index in [0.717, 1.165) is 24.6 Å². The number of piperidine rings is 1. The lowest BCUT2D eigenvalue weighted by Gasteiger charge is -2.32. The van der Waals surface area contributed by atoms with Gasteiger partial charge in [-0.05, 0) is 62.8 Å². The van der Waals surface area contributed by atoms with Gasteiger partial charge in [0.15, 0.2) is 0 Å². The SMILES string of the molecule is Cc1ccc(C(F)(F)F)cc1S(=O)(=O)N1CCC(NCC2CC2)CC1. The molecule has 1 aliphatic heterocycles. The van der Waals surface area contributed by atoms with Crippen LogP contribution in [0.2, 0.25) is 0 Å². The summed E-state index contributed by atoms with van der Waals surface area (Å²) in [6, 6.07) is 3.18. The fourth-order valence-electron chi connectivity index (χ4n) is 3.15. The van der Waals surface area contributed by atoms with Crippen molar-refractivity contribution in [3.05, 3.63) is 29.3 Å². The Bertz CT molecular complexity index is 722. The van der Waals surface area contributed by atoms with Gasteiger partial charge in [-0.2, -0.15) is 17.5 Å². The van der Waals surface area contributed by atoms with Gasteiger partial charge in [-0.1, -0.05) is 6.07 Å². The van der Waals surface area contributed by atoms with Crippen molar-refractivity contribution in [3.8, 4) is 0 Å². The van der Waals surface area contributed by atoms with E-state index in [9.17, 15) is 21.6 Å². The van der Waals surface area contributed by atoms with Crippen molar-refractivity contribution in [1.29, 1.82) is 0 Å². The number of nitrogens with zero attached hydrogens (tertiary/aromatic N) is 1. The largest absolute Gasteiger partial charge is 0.416 e. The number of alkyl halides is 3. The van der Waals surface area contributed by atoms with Crippen molar-refractivity contribution in [2.45, 2.75) is 49.7 Å². The minimum Gasteiger partial charge on any atom is -0.314 e. The molecular formula is C17H23F3N2O2S. The molecule has 0 aromatic heterocycles. The molecule has 140 valence electrons. The molecule has 2 fully saturated rings. The van der Waals surface area contributed by atoms with Crippen LogP contribution < -0.4 is 5.32 Å². The Kier molecular flexibility index (Phi) is 5.14. The maximum absolute atomic E-state index is 12.9. The van der Waals surface area contributed by atoms with Gasteiger partial charge in [0.25, 0.3) is 0 Å².